The van der Waals surface area contributed by atoms with Gasteiger partial charge in [0.15, 0.2) is 0 Å². The van der Waals surface area contributed by atoms with Gasteiger partial charge in [0.05, 0.1) is 12.2 Å². The fourth-order valence-electron chi connectivity index (χ4n) is 0.940. The molecule has 0 aliphatic rings. The first kappa shape index (κ1) is 9.48. The number of aliphatic hydroxyl groups is 1. The highest BCUT2D eigenvalue weighted by molar-refractivity contribution is 5.88. The average molecular weight is 178 g/mol. The average Bonchev–Trinajstić information content (AvgIpc) is 2.17. The number of benzene rings is 1. The van der Waals surface area contributed by atoms with Crippen molar-refractivity contribution in [2.75, 3.05) is 6.61 Å². The minimum Gasteiger partial charge on any atom is -0.478 e. The van der Waals surface area contributed by atoms with Crippen molar-refractivity contribution >= 4 is 11.5 Å². The molecule has 2 N–H and O–H groups in total. The molecule has 13 heavy (non-hydrogen) atoms. The maximum atomic E-state index is 10.5. The lowest BCUT2D eigenvalue weighted by Gasteiger charge is -2.01. The van der Waals surface area contributed by atoms with Gasteiger partial charge in [0, 0.05) is 0 Å². The molecule has 1 aromatic carbocycles. The summed E-state index contributed by atoms with van der Waals surface area (Å²) in [6.07, 6.45) is 0. The molecule has 0 atom stereocenters. The van der Waals surface area contributed by atoms with E-state index in [0.29, 0.717) is 5.57 Å². The van der Waals surface area contributed by atoms with Crippen LogP contribution in [0.15, 0.2) is 30.8 Å². The van der Waals surface area contributed by atoms with Crippen LogP contribution in [0.5, 0.6) is 0 Å². The zero-order chi connectivity index (χ0) is 9.84. The second kappa shape index (κ2) is 3.87. The third kappa shape index (κ3) is 2.16. The van der Waals surface area contributed by atoms with E-state index in [1.165, 1.54) is 12.1 Å². The van der Waals surface area contributed by atoms with E-state index >= 15 is 0 Å². The van der Waals surface area contributed by atoms with Crippen LogP contribution in [-0.4, -0.2) is 22.8 Å². The van der Waals surface area contributed by atoms with Crippen molar-refractivity contribution in [1.82, 2.24) is 0 Å². The van der Waals surface area contributed by atoms with Gasteiger partial charge in [0.2, 0.25) is 0 Å². The van der Waals surface area contributed by atoms with Gasteiger partial charge in [-0.2, -0.15) is 0 Å². The lowest BCUT2D eigenvalue weighted by Crippen LogP contribution is -1.96. The van der Waals surface area contributed by atoms with Crippen LogP contribution in [0.3, 0.4) is 0 Å². The van der Waals surface area contributed by atoms with Crippen LogP contribution in [0.4, 0.5) is 0 Å². The Morgan fingerprint density at radius 1 is 1.23 bits per heavy atom. The monoisotopic (exact) mass is 178 g/mol. The van der Waals surface area contributed by atoms with Crippen molar-refractivity contribution in [2.45, 2.75) is 0 Å². The number of carbonyl (C=O) groups is 1. The highest BCUT2D eigenvalue weighted by Crippen LogP contribution is 2.12. The summed E-state index contributed by atoms with van der Waals surface area (Å²) in [5, 5.41) is 17.4. The van der Waals surface area contributed by atoms with Crippen LogP contribution in [0.1, 0.15) is 15.9 Å². The van der Waals surface area contributed by atoms with Gasteiger partial charge in [-0.3, -0.25) is 0 Å². The van der Waals surface area contributed by atoms with Crippen molar-refractivity contribution in [3.05, 3.63) is 42.0 Å². The van der Waals surface area contributed by atoms with E-state index in [4.69, 9.17) is 10.2 Å². The third-order valence-corrected chi connectivity index (χ3v) is 1.73. The quantitative estimate of drug-likeness (QED) is 0.735. The zero-order valence-electron chi connectivity index (χ0n) is 7.03. The summed E-state index contributed by atoms with van der Waals surface area (Å²) in [4.78, 5) is 10.5. The standard InChI is InChI=1S/C10H10O3/c1-7(6-11)8-2-4-9(5-3-8)10(12)13/h2-5,11H,1,6H2,(H,12,13). The number of hydrogen-bond acceptors (Lipinski definition) is 2. The second-order valence-electron chi connectivity index (χ2n) is 2.64. The van der Waals surface area contributed by atoms with Gasteiger partial charge in [-0.1, -0.05) is 18.7 Å². The molecule has 0 aliphatic carbocycles. The van der Waals surface area contributed by atoms with Gasteiger partial charge in [-0.15, -0.1) is 0 Å². The number of hydrogen-bond donors (Lipinski definition) is 2. The van der Waals surface area contributed by atoms with Gasteiger partial charge in [-0.25, -0.2) is 4.79 Å². The van der Waals surface area contributed by atoms with Crippen LogP contribution < -0.4 is 0 Å². The van der Waals surface area contributed by atoms with Gasteiger partial charge < -0.3 is 10.2 Å². The maximum absolute atomic E-state index is 10.5. The largest absolute Gasteiger partial charge is 0.478 e. The Kier molecular flexibility index (Phi) is 2.82. The number of aromatic carboxylic acids is 1. The Balaban J connectivity index is 2.93. The number of rotatable bonds is 3. The molecule has 0 aromatic heterocycles. The van der Waals surface area contributed by atoms with E-state index in [2.05, 4.69) is 6.58 Å². The van der Waals surface area contributed by atoms with Gasteiger partial charge in [0.25, 0.3) is 0 Å². The van der Waals surface area contributed by atoms with Gasteiger partial charge in [-0.05, 0) is 23.3 Å². The molecule has 0 amide bonds. The highest BCUT2D eigenvalue weighted by atomic mass is 16.4. The molecule has 0 saturated carbocycles. The van der Waals surface area contributed by atoms with E-state index in [9.17, 15) is 4.79 Å². The summed E-state index contributed by atoms with van der Waals surface area (Å²) >= 11 is 0. The van der Waals surface area contributed by atoms with E-state index in [-0.39, 0.29) is 12.2 Å². The summed E-state index contributed by atoms with van der Waals surface area (Å²) in [5.41, 5.74) is 1.57. The van der Waals surface area contributed by atoms with Crippen molar-refractivity contribution < 1.29 is 15.0 Å². The number of aliphatic hydroxyl groups excluding tert-OH is 1. The SMILES string of the molecule is C=C(CO)c1ccc(C(=O)O)cc1. The molecule has 0 fully saturated rings. The summed E-state index contributed by atoms with van der Waals surface area (Å²) in [6, 6.07) is 6.22. The van der Waals surface area contributed by atoms with E-state index < -0.39 is 5.97 Å². The van der Waals surface area contributed by atoms with E-state index in [1.54, 1.807) is 12.1 Å². The van der Waals surface area contributed by atoms with Crippen LogP contribution in [0.25, 0.3) is 5.57 Å². The molecule has 0 saturated heterocycles. The van der Waals surface area contributed by atoms with Crippen LogP contribution in [0, 0.1) is 0 Å². The first-order chi connectivity index (χ1) is 6.15. The molecule has 0 heterocycles. The molecule has 1 aromatic rings. The molecule has 3 heteroatoms. The first-order valence-electron chi connectivity index (χ1n) is 3.77. The topological polar surface area (TPSA) is 57.5 Å². The third-order valence-electron chi connectivity index (χ3n) is 1.73. The van der Waals surface area contributed by atoms with Crippen LogP contribution in [-0.2, 0) is 0 Å². The van der Waals surface area contributed by atoms with Crippen molar-refractivity contribution in [3.8, 4) is 0 Å². The smallest absolute Gasteiger partial charge is 0.335 e. The number of carboxylic acid groups (broad SMARTS) is 1. The summed E-state index contributed by atoms with van der Waals surface area (Å²) in [5.74, 6) is -0.957. The Morgan fingerprint density at radius 2 is 1.69 bits per heavy atom. The fraction of sp³-hybridized carbons (Fsp3) is 0.100. The molecule has 1 rings (SSSR count). The predicted octanol–water partition coefficient (Wildman–Crippen LogP) is 1.39. The Labute approximate surface area is 76.0 Å². The molecular weight excluding hydrogens is 168 g/mol. The highest BCUT2D eigenvalue weighted by Gasteiger charge is 2.02. The second-order valence-corrected chi connectivity index (χ2v) is 2.64. The van der Waals surface area contributed by atoms with Crippen LogP contribution >= 0.6 is 0 Å². The molecule has 0 spiro atoms. The minimum absolute atomic E-state index is 0.119. The Hall–Kier alpha value is -1.61. The van der Waals surface area contributed by atoms with Crippen molar-refractivity contribution in [1.29, 1.82) is 0 Å². The number of carboxylic acids is 1. The van der Waals surface area contributed by atoms with Crippen molar-refractivity contribution in [2.24, 2.45) is 0 Å². The lowest BCUT2D eigenvalue weighted by atomic mass is 10.1. The molecule has 0 unspecified atom stereocenters. The summed E-state index contributed by atoms with van der Waals surface area (Å²) in [7, 11) is 0. The molecule has 0 radical (unpaired) electrons. The lowest BCUT2D eigenvalue weighted by molar-refractivity contribution is 0.0697. The summed E-state index contributed by atoms with van der Waals surface area (Å²) < 4.78 is 0. The van der Waals surface area contributed by atoms with Crippen LogP contribution in [0.2, 0.25) is 0 Å². The summed E-state index contributed by atoms with van der Waals surface area (Å²) in [6.45, 7) is 3.50. The van der Waals surface area contributed by atoms with E-state index in [0.717, 1.165) is 5.56 Å². The molecule has 3 nitrogen and oxygen atoms in total. The van der Waals surface area contributed by atoms with Gasteiger partial charge in [0.1, 0.15) is 0 Å². The Morgan fingerprint density at radius 3 is 2.08 bits per heavy atom. The molecule has 0 bridgehead atoms. The first-order valence-corrected chi connectivity index (χ1v) is 3.77. The van der Waals surface area contributed by atoms with E-state index in [1.807, 2.05) is 0 Å². The molecule has 68 valence electrons. The van der Waals surface area contributed by atoms with Crippen molar-refractivity contribution in [3.63, 3.8) is 0 Å². The Bertz CT molecular complexity index is 325. The van der Waals surface area contributed by atoms with Gasteiger partial charge >= 0.3 is 5.97 Å². The molecule has 0 aliphatic heterocycles. The maximum Gasteiger partial charge on any atom is 0.335 e. The fourth-order valence-corrected chi connectivity index (χ4v) is 0.940. The predicted molar refractivity (Wildman–Crippen MR) is 49.5 cm³/mol. The normalized spacial score (nSPS) is 9.62. The minimum atomic E-state index is -0.957. The molecular formula is C10H10O3. The zero-order valence-corrected chi connectivity index (χ0v) is 7.03.